The molecule has 13 heteroatoms. The number of pyridine rings is 2. The van der Waals surface area contributed by atoms with E-state index in [0.29, 0.717) is 4.57 Å². The topological polar surface area (TPSA) is 86.8 Å². The third-order valence-corrected chi connectivity index (χ3v) is 7.50. The molecule has 0 radical (unpaired) electrons. The summed E-state index contributed by atoms with van der Waals surface area (Å²) in [6.07, 6.45) is -4.83. The molecule has 0 bridgehead atoms. The Kier molecular flexibility index (Phi) is 6.23. The summed E-state index contributed by atoms with van der Waals surface area (Å²) in [5.41, 5.74) is -2.68. The largest absolute Gasteiger partial charge is 0.431 e. The Morgan fingerprint density at radius 1 is 0.972 bits per heavy atom. The maximum Gasteiger partial charge on any atom is 0.431 e. The highest BCUT2D eigenvalue weighted by Gasteiger charge is 2.36. The standard InChI is InChI=1S/C23H19F5N4O3S/c1-4-32-18(23(26,27)28)11-16-20(22(32)33)31(3)21(30-16)19-17(36(34,35)5-2)9-8-15(29-19)12-6-7-13(24)14(25)10-12/h6-11H,4-5H2,1-3H3. The van der Waals surface area contributed by atoms with E-state index in [9.17, 15) is 35.2 Å². The van der Waals surface area contributed by atoms with Crippen LogP contribution >= 0.6 is 0 Å². The van der Waals surface area contributed by atoms with Gasteiger partial charge >= 0.3 is 6.18 Å². The van der Waals surface area contributed by atoms with Crippen LogP contribution in [0.15, 0.2) is 46.1 Å². The molecular weight excluding hydrogens is 507 g/mol. The molecule has 0 unspecified atom stereocenters. The van der Waals surface area contributed by atoms with Gasteiger partial charge < -0.3 is 9.13 Å². The van der Waals surface area contributed by atoms with Crippen molar-refractivity contribution in [3.8, 4) is 22.8 Å². The molecule has 0 N–H and O–H groups in total. The van der Waals surface area contributed by atoms with Crippen molar-refractivity contribution >= 4 is 20.9 Å². The van der Waals surface area contributed by atoms with Crippen molar-refractivity contribution in [1.82, 2.24) is 19.1 Å². The number of alkyl halides is 3. The summed E-state index contributed by atoms with van der Waals surface area (Å²) in [5.74, 6) is -2.74. The Morgan fingerprint density at radius 2 is 1.67 bits per heavy atom. The van der Waals surface area contributed by atoms with E-state index in [1.54, 1.807) is 0 Å². The Bertz CT molecular complexity index is 1670. The molecule has 0 amide bonds. The Balaban J connectivity index is 2.07. The summed E-state index contributed by atoms with van der Waals surface area (Å²) in [5, 5.41) is 0. The van der Waals surface area contributed by atoms with Crippen molar-refractivity contribution in [1.29, 1.82) is 0 Å². The third kappa shape index (κ3) is 4.16. The van der Waals surface area contributed by atoms with E-state index < -0.39 is 38.9 Å². The Labute approximate surface area is 201 Å². The lowest BCUT2D eigenvalue weighted by Gasteiger charge is -2.14. The Morgan fingerprint density at radius 3 is 2.25 bits per heavy atom. The number of nitrogens with zero attached hydrogens (tertiary/aromatic N) is 4. The lowest BCUT2D eigenvalue weighted by atomic mass is 10.1. The number of aromatic nitrogens is 4. The molecule has 0 saturated carbocycles. The minimum absolute atomic E-state index is 0.0629. The van der Waals surface area contributed by atoms with Crippen LogP contribution < -0.4 is 5.56 Å². The van der Waals surface area contributed by atoms with Gasteiger partial charge in [0.1, 0.15) is 16.9 Å². The number of fused-ring (bicyclic) bond motifs is 1. The monoisotopic (exact) mass is 526 g/mol. The van der Waals surface area contributed by atoms with E-state index in [-0.39, 0.29) is 51.0 Å². The first-order valence-electron chi connectivity index (χ1n) is 10.7. The molecule has 0 aliphatic rings. The van der Waals surface area contributed by atoms with Gasteiger partial charge in [0.15, 0.2) is 27.3 Å². The predicted molar refractivity (Wildman–Crippen MR) is 122 cm³/mol. The van der Waals surface area contributed by atoms with E-state index in [1.165, 1.54) is 43.7 Å². The first-order valence-corrected chi connectivity index (χ1v) is 12.3. The molecule has 0 spiro atoms. The van der Waals surface area contributed by atoms with Gasteiger partial charge in [0.05, 0.1) is 21.9 Å². The van der Waals surface area contributed by atoms with Gasteiger partial charge in [-0.05, 0) is 43.3 Å². The van der Waals surface area contributed by atoms with Crippen LogP contribution in [0.4, 0.5) is 22.0 Å². The normalized spacial score (nSPS) is 12.4. The number of rotatable bonds is 5. The highest BCUT2D eigenvalue weighted by Crippen LogP contribution is 2.34. The molecule has 0 aliphatic carbocycles. The summed E-state index contributed by atoms with van der Waals surface area (Å²) in [4.78, 5) is 21.2. The highest BCUT2D eigenvalue weighted by molar-refractivity contribution is 7.91. The SMILES string of the molecule is CCn1c(C(F)(F)F)cc2nc(-c3nc(-c4ccc(F)c(F)c4)ccc3S(=O)(=O)CC)n(C)c2c1=O. The molecule has 0 fully saturated rings. The van der Waals surface area contributed by atoms with Gasteiger partial charge in [-0.25, -0.2) is 27.2 Å². The first-order chi connectivity index (χ1) is 16.8. The predicted octanol–water partition coefficient (Wildman–Crippen LogP) is 4.57. The molecule has 0 atom stereocenters. The maximum absolute atomic E-state index is 13.8. The van der Waals surface area contributed by atoms with Gasteiger partial charge in [-0.15, -0.1) is 0 Å². The van der Waals surface area contributed by atoms with Gasteiger partial charge in [0, 0.05) is 19.2 Å². The van der Waals surface area contributed by atoms with Gasteiger partial charge in [-0.3, -0.25) is 4.79 Å². The molecular formula is C23H19F5N4O3S. The van der Waals surface area contributed by atoms with Crippen LogP contribution in [0.2, 0.25) is 0 Å². The van der Waals surface area contributed by atoms with Crippen molar-refractivity contribution in [2.75, 3.05) is 5.75 Å². The second-order valence-corrected chi connectivity index (χ2v) is 10.1. The minimum Gasteiger partial charge on any atom is -0.321 e. The van der Waals surface area contributed by atoms with Crippen LogP contribution in [0.25, 0.3) is 33.8 Å². The van der Waals surface area contributed by atoms with Gasteiger partial charge in [-0.1, -0.05) is 6.92 Å². The molecule has 3 aromatic heterocycles. The van der Waals surface area contributed by atoms with Crippen LogP contribution in [0.1, 0.15) is 19.5 Å². The number of aryl methyl sites for hydroxylation is 1. The molecule has 1 aromatic carbocycles. The summed E-state index contributed by atoms with van der Waals surface area (Å²) in [7, 11) is -2.56. The summed E-state index contributed by atoms with van der Waals surface area (Å²) < 4.78 is 95.4. The molecule has 4 rings (SSSR count). The van der Waals surface area contributed by atoms with Crippen LogP contribution in [-0.4, -0.2) is 33.3 Å². The Hall–Kier alpha value is -3.61. The molecule has 36 heavy (non-hydrogen) atoms. The number of halogens is 5. The van der Waals surface area contributed by atoms with E-state index in [0.717, 1.165) is 18.2 Å². The van der Waals surface area contributed by atoms with Crippen molar-refractivity contribution in [3.63, 3.8) is 0 Å². The van der Waals surface area contributed by atoms with E-state index in [1.807, 2.05) is 0 Å². The highest BCUT2D eigenvalue weighted by atomic mass is 32.2. The van der Waals surface area contributed by atoms with E-state index >= 15 is 0 Å². The number of hydrogen-bond donors (Lipinski definition) is 0. The summed E-state index contributed by atoms with van der Waals surface area (Å²) >= 11 is 0. The van der Waals surface area contributed by atoms with Crippen LogP contribution in [0.5, 0.6) is 0 Å². The summed E-state index contributed by atoms with van der Waals surface area (Å²) in [6, 6.07) is 6.22. The zero-order valence-corrected chi connectivity index (χ0v) is 20.0. The van der Waals surface area contributed by atoms with Crippen molar-refractivity contribution in [2.24, 2.45) is 7.05 Å². The molecule has 7 nitrogen and oxygen atoms in total. The third-order valence-electron chi connectivity index (χ3n) is 5.74. The lowest BCUT2D eigenvalue weighted by molar-refractivity contribution is -0.144. The van der Waals surface area contributed by atoms with E-state index in [2.05, 4.69) is 9.97 Å². The fourth-order valence-corrected chi connectivity index (χ4v) is 4.93. The second-order valence-electron chi connectivity index (χ2n) is 7.88. The van der Waals surface area contributed by atoms with Crippen LogP contribution in [0.3, 0.4) is 0 Å². The fraction of sp³-hybridized carbons (Fsp3) is 0.261. The average molecular weight is 526 g/mol. The van der Waals surface area contributed by atoms with Gasteiger partial charge in [-0.2, -0.15) is 13.2 Å². The molecule has 190 valence electrons. The van der Waals surface area contributed by atoms with Gasteiger partial charge in [0.25, 0.3) is 5.56 Å². The number of hydrogen-bond acceptors (Lipinski definition) is 5. The summed E-state index contributed by atoms with van der Waals surface area (Å²) in [6.45, 7) is 2.52. The molecule has 0 aliphatic heterocycles. The zero-order chi connectivity index (χ0) is 26.6. The van der Waals surface area contributed by atoms with Crippen molar-refractivity contribution < 1.29 is 30.4 Å². The first kappa shape index (κ1) is 25.5. The average Bonchev–Trinajstić information content (AvgIpc) is 3.16. The quantitative estimate of drug-likeness (QED) is 0.356. The minimum atomic E-state index is -4.83. The fourth-order valence-electron chi connectivity index (χ4n) is 3.91. The number of sulfone groups is 1. The lowest BCUT2D eigenvalue weighted by Crippen LogP contribution is -2.28. The van der Waals surface area contributed by atoms with E-state index in [4.69, 9.17) is 0 Å². The van der Waals surface area contributed by atoms with Gasteiger partial charge in [0.2, 0.25) is 0 Å². The number of benzene rings is 1. The zero-order valence-electron chi connectivity index (χ0n) is 19.2. The number of imidazole rings is 1. The van der Waals surface area contributed by atoms with Crippen molar-refractivity contribution in [3.05, 3.63) is 64.1 Å². The molecule has 3 heterocycles. The van der Waals surface area contributed by atoms with Crippen molar-refractivity contribution in [2.45, 2.75) is 31.5 Å². The molecule has 4 aromatic rings. The van der Waals surface area contributed by atoms with Crippen LogP contribution in [-0.2, 0) is 29.6 Å². The molecule has 0 saturated heterocycles. The van der Waals surface area contributed by atoms with Crippen LogP contribution in [0, 0.1) is 11.6 Å². The smallest absolute Gasteiger partial charge is 0.321 e. The second kappa shape index (κ2) is 8.80. The maximum atomic E-state index is 13.8.